The Morgan fingerprint density at radius 3 is 2.52 bits per heavy atom. The minimum atomic E-state index is 0.197. The Balaban J connectivity index is 2.39. The number of hydrogen-bond acceptors (Lipinski definition) is 2. The van der Waals surface area contributed by atoms with Crippen LogP contribution in [0.1, 0.15) is 36.6 Å². The summed E-state index contributed by atoms with van der Waals surface area (Å²) in [5.41, 5.74) is 3.85. The molecule has 0 saturated carbocycles. The van der Waals surface area contributed by atoms with Gasteiger partial charge in [-0.1, -0.05) is 37.3 Å². The number of benzene rings is 2. The highest BCUT2D eigenvalue weighted by Crippen LogP contribution is 2.31. The molecular formula is C18H22BrNO. The van der Waals surface area contributed by atoms with Gasteiger partial charge in [0.2, 0.25) is 0 Å². The zero-order valence-corrected chi connectivity index (χ0v) is 14.4. The molecule has 2 nitrogen and oxygen atoms in total. The SMILES string of the molecule is CCNC(c1ccc(OCC)c(Br)c1)c1ccccc1C. The molecule has 112 valence electrons. The fourth-order valence-corrected chi connectivity index (χ4v) is 3.00. The molecule has 0 heterocycles. The lowest BCUT2D eigenvalue weighted by atomic mass is 9.95. The van der Waals surface area contributed by atoms with Gasteiger partial charge in [-0.15, -0.1) is 0 Å². The van der Waals surface area contributed by atoms with E-state index in [-0.39, 0.29) is 6.04 Å². The fourth-order valence-electron chi connectivity index (χ4n) is 2.49. The molecule has 0 saturated heterocycles. The lowest BCUT2D eigenvalue weighted by Gasteiger charge is -2.21. The lowest BCUT2D eigenvalue weighted by molar-refractivity contribution is 0.338. The van der Waals surface area contributed by atoms with Crippen LogP contribution < -0.4 is 10.1 Å². The second-order valence-corrected chi connectivity index (χ2v) is 5.82. The zero-order valence-electron chi connectivity index (χ0n) is 12.8. The Hall–Kier alpha value is -1.32. The van der Waals surface area contributed by atoms with Gasteiger partial charge in [-0.25, -0.2) is 0 Å². The Kier molecular flexibility index (Phi) is 5.83. The molecule has 0 bridgehead atoms. The van der Waals surface area contributed by atoms with Crippen molar-refractivity contribution < 1.29 is 4.74 Å². The van der Waals surface area contributed by atoms with Crippen molar-refractivity contribution in [2.75, 3.05) is 13.2 Å². The fraction of sp³-hybridized carbons (Fsp3) is 0.333. The number of ether oxygens (including phenoxy) is 1. The Bertz CT molecular complexity index is 598. The van der Waals surface area contributed by atoms with Crippen LogP contribution >= 0.6 is 15.9 Å². The van der Waals surface area contributed by atoms with Crippen LogP contribution in [-0.2, 0) is 0 Å². The van der Waals surface area contributed by atoms with Gasteiger partial charge in [-0.3, -0.25) is 0 Å². The highest BCUT2D eigenvalue weighted by Gasteiger charge is 2.16. The number of rotatable bonds is 6. The smallest absolute Gasteiger partial charge is 0.133 e. The molecule has 21 heavy (non-hydrogen) atoms. The van der Waals surface area contributed by atoms with Crippen LogP contribution in [0.5, 0.6) is 5.75 Å². The van der Waals surface area contributed by atoms with Crippen LogP contribution in [0, 0.1) is 6.92 Å². The summed E-state index contributed by atoms with van der Waals surface area (Å²) in [6.07, 6.45) is 0. The normalized spacial score (nSPS) is 12.2. The van der Waals surface area contributed by atoms with Crippen molar-refractivity contribution in [3.63, 3.8) is 0 Å². The predicted octanol–water partition coefficient (Wildman–Crippen LogP) is 4.86. The summed E-state index contributed by atoms with van der Waals surface area (Å²) in [5.74, 6) is 0.890. The molecule has 1 N–H and O–H groups in total. The summed E-state index contributed by atoms with van der Waals surface area (Å²) in [6.45, 7) is 7.88. The third-order valence-corrected chi connectivity index (χ3v) is 4.12. The largest absolute Gasteiger partial charge is 0.493 e. The van der Waals surface area contributed by atoms with E-state index < -0.39 is 0 Å². The first-order valence-electron chi connectivity index (χ1n) is 7.38. The summed E-state index contributed by atoms with van der Waals surface area (Å²) in [7, 11) is 0. The van der Waals surface area contributed by atoms with Gasteiger partial charge >= 0.3 is 0 Å². The van der Waals surface area contributed by atoms with Gasteiger partial charge in [0.05, 0.1) is 17.1 Å². The highest BCUT2D eigenvalue weighted by atomic mass is 79.9. The molecule has 0 fully saturated rings. The summed E-state index contributed by atoms with van der Waals surface area (Å²) >= 11 is 3.61. The van der Waals surface area contributed by atoms with Crippen LogP contribution in [-0.4, -0.2) is 13.2 Å². The molecule has 0 spiro atoms. The second-order valence-electron chi connectivity index (χ2n) is 4.97. The van der Waals surface area contributed by atoms with Crippen molar-refractivity contribution in [1.82, 2.24) is 5.32 Å². The molecular weight excluding hydrogens is 326 g/mol. The van der Waals surface area contributed by atoms with E-state index in [1.165, 1.54) is 16.7 Å². The number of aryl methyl sites for hydroxylation is 1. The Labute approximate surface area is 135 Å². The van der Waals surface area contributed by atoms with E-state index in [0.717, 1.165) is 16.8 Å². The van der Waals surface area contributed by atoms with Crippen LogP contribution in [0.25, 0.3) is 0 Å². The van der Waals surface area contributed by atoms with Gasteiger partial charge in [0.25, 0.3) is 0 Å². The average Bonchev–Trinajstić information content (AvgIpc) is 2.48. The minimum Gasteiger partial charge on any atom is -0.493 e. The number of nitrogens with one attached hydrogen (secondary N) is 1. The van der Waals surface area contributed by atoms with E-state index in [1.807, 2.05) is 13.0 Å². The first-order chi connectivity index (χ1) is 10.2. The molecule has 0 aromatic heterocycles. The van der Waals surface area contributed by atoms with Crippen molar-refractivity contribution >= 4 is 15.9 Å². The van der Waals surface area contributed by atoms with E-state index >= 15 is 0 Å². The summed E-state index contributed by atoms with van der Waals surface area (Å²) < 4.78 is 6.59. The first kappa shape index (κ1) is 16.1. The molecule has 0 radical (unpaired) electrons. The van der Waals surface area contributed by atoms with Crippen LogP contribution in [0.4, 0.5) is 0 Å². The molecule has 3 heteroatoms. The van der Waals surface area contributed by atoms with Crippen molar-refractivity contribution in [2.24, 2.45) is 0 Å². The molecule has 0 amide bonds. The molecule has 2 aromatic carbocycles. The van der Waals surface area contributed by atoms with Gasteiger partial charge in [0.15, 0.2) is 0 Å². The van der Waals surface area contributed by atoms with Gasteiger partial charge in [0.1, 0.15) is 5.75 Å². The van der Waals surface area contributed by atoms with Gasteiger partial charge in [-0.2, -0.15) is 0 Å². The molecule has 0 aliphatic rings. The number of halogens is 1. The quantitative estimate of drug-likeness (QED) is 0.805. The third-order valence-electron chi connectivity index (χ3n) is 3.50. The van der Waals surface area contributed by atoms with Crippen LogP contribution in [0.2, 0.25) is 0 Å². The van der Waals surface area contributed by atoms with Crippen molar-refractivity contribution in [1.29, 1.82) is 0 Å². The van der Waals surface area contributed by atoms with E-state index in [4.69, 9.17) is 4.74 Å². The van der Waals surface area contributed by atoms with E-state index in [9.17, 15) is 0 Å². The van der Waals surface area contributed by atoms with E-state index in [2.05, 4.69) is 71.5 Å². The van der Waals surface area contributed by atoms with Crippen molar-refractivity contribution in [2.45, 2.75) is 26.8 Å². The number of hydrogen-bond donors (Lipinski definition) is 1. The standard InChI is InChI=1S/C18H22BrNO/c1-4-20-18(15-9-7-6-8-13(15)3)14-10-11-17(21-5-2)16(19)12-14/h6-12,18,20H,4-5H2,1-3H3. The van der Waals surface area contributed by atoms with E-state index in [0.29, 0.717) is 6.61 Å². The zero-order chi connectivity index (χ0) is 15.2. The maximum Gasteiger partial charge on any atom is 0.133 e. The lowest BCUT2D eigenvalue weighted by Crippen LogP contribution is -2.22. The molecule has 0 aliphatic carbocycles. The van der Waals surface area contributed by atoms with Crippen LogP contribution in [0.15, 0.2) is 46.9 Å². The maximum atomic E-state index is 5.59. The van der Waals surface area contributed by atoms with Crippen LogP contribution in [0.3, 0.4) is 0 Å². The topological polar surface area (TPSA) is 21.3 Å². The third kappa shape index (κ3) is 3.86. The second kappa shape index (κ2) is 7.62. The minimum absolute atomic E-state index is 0.197. The molecule has 2 aromatic rings. The Morgan fingerprint density at radius 2 is 1.90 bits per heavy atom. The Morgan fingerprint density at radius 1 is 1.14 bits per heavy atom. The first-order valence-corrected chi connectivity index (χ1v) is 8.17. The molecule has 1 unspecified atom stereocenters. The summed E-state index contributed by atoms with van der Waals surface area (Å²) in [4.78, 5) is 0. The van der Waals surface area contributed by atoms with Crippen molar-refractivity contribution in [3.8, 4) is 5.75 Å². The summed E-state index contributed by atoms with van der Waals surface area (Å²) in [5, 5.41) is 3.57. The monoisotopic (exact) mass is 347 g/mol. The maximum absolute atomic E-state index is 5.59. The van der Waals surface area contributed by atoms with Gasteiger partial charge in [-0.05, 0) is 65.1 Å². The molecule has 2 rings (SSSR count). The average molecular weight is 348 g/mol. The highest BCUT2D eigenvalue weighted by molar-refractivity contribution is 9.10. The predicted molar refractivity (Wildman–Crippen MR) is 92.0 cm³/mol. The van der Waals surface area contributed by atoms with Gasteiger partial charge in [0, 0.05) is 0 Å². The van der Waals surface area contributed by atoms with Crippen molar-refractivity contribution in [3.05, 3.63) is 63.6 Å². The van der Waals surface area contributed by atoms with E-state index in [1.54, 1.807) is 0 Å². The molecule has 1 atom stereocenters. The molecule has 0 aliphatic heterocycles. The summed E-state index contributed by atoms with van der Waals surface area (Å²) in [6, 6.07) is 15.0. The van der Waals surface area contributed by atoms with Gasteiger partial charge < -0.3 is 10.1 Å².